The predicted octanol–water partition coefficient (Wildman–Crippen LogP) is 2.83. The highest BCUT2D eigenvalue weighted by Crippen LogP contribution is 2.23. The number of hydrogen-bond donors (Lipinski definition) is 1. The van der Waals surface area contributed by atoms with E-state index in [-0.39, 0.29) is 6.04 Å². The lowest BCUT2D eigenvalue weighted by Gasteiger charge is -2.12. The molecule has 0 spiro atoms. The topological polar surface area (TPSA) is 56.7 Å². The smallest absolute Gasteiger partial charge is 0.164 e. The third-order valence-corrected chi connectivity index (χ3v) is 3.23. The number of para-hydroxylation sites is 1. The molecule has 0 aliphatic carbocycles. The zero-order valence-electron chi connectivity index (χ0n) is 10.8. The van der Waals surface area contributed by atoms with Crippen LogP contribution in [0.25, 0.3) is 16.9 Å². The fourth-order valence-electron chi connectivity index (χ4n) is 2.19. The van der Waals surface area contributed by atoms with Gasteiger partial charge in [0.05, 0.1) is 6.04 Å². The van der Waals surface area contributed by atoms with Crippen LogP contribution in [0.15, 0.2) is 48.7 Å². The van der Waals surface area contributed by atoms with E-state index < -0.39 is 0 Å². The molecule has 96 valence electrons. The molecular formula is C15H16N4. The summed E-state index contributed by atoms with van der Waals surface area (Å²) in [5.41, 5.74) is 8.96. The number of imidazole rings is 1. The summed E-state index contributed by atoms with van der Waals surface area (Å²) >= 11 is 0. The first-order chi connectivity index (χ1) is 9.31. The van der Waals surface area contributed by atoms with Gasteiger partial charge in [-0.2, -0.15) is 0 Å². The van der Waals surface area contributed by atoms with Crippen molar-refractivity contribution in [2.45, 2.75) is 19.4 Å². The van der Waals surface area contributed by atoms with Gasteiger partial charge in [-0.15, -0.1) is 0 Å². The summed E-state index contributed by atoms with van der Waals surface area (Å²) in [6.45, 7) is 2.06. The van der Waals surface area contributed by atoms with E-state index in [1.54, 1.807) is 6.20 Å². The molecule has 0 aliphatic heterocycles. The normalized spacial score (nSPS) is 12.7. The molecule has 2 N–H and O–H groups in total. The first-order valence-corrected chi connectivity index (χ1v) is 6.45. The number of nitrogens with zero attached hydrogens (tertiary/aromatic N) is 3. The van der Waals surface area contributed by atoms with Gasteiger partial charge in [-0.25, -0.2) is 9.97 Å². The number of benzene rings is 1. The Morgan fingerprint density at radius 3 is 2.68 bits per heavy atom. The number of nitrogens with two attached hydrogens (primary N) is 1. The van der Waals surface area contributed by atoms with Gasteiger partial charge < -0.3 is 5.73 Å². The molecule has 4 nitrogen and oxygen atoms in total. The molecule has 3 rings (SSSR count). The van der Waals surface area contributed by atoms with E-state index in [2.05, 4.69) is 16.9 Å². The van der Waals surface area contributed by atoms with Crippen LogP contribution in [0.3, 0.4) is 0 Å². The average molecular weight is 252 g/mol. The lowest BCUT2D eigenvalue weighted by atomic mass is 10.2. The van der Waals surface area contributed by atoms with Gasteiger partial charge in [0.2, 0.25) is 0 Å². The highest BCUT2D eigenvalue weighted by atomic mass is 15.1. The monoisotopic (exact) mass is 252 g/mol. The molecule has 1 aromatic carbocycles. The summed E-state index contributed by atoms with van der Waals surface area (Å²) in [7, 11) is 0. The molecule has 0 saturated heterocycles. The van der Waals surface area contributed by atoms with Gasteiger partial charge in [0, 0.05) is 11.9 Å². The maximum absolute atomic E-state index is 6.19. The SMILES string of the molecule is CC[C@H](N)c1nc2cccnc2n1-c1ccccc1. The Labute approximate surface area is 111 Å². The Morgan fingerprint density at radius 1 is 1.16 bits per heavy atom. The summed E-state index contributed by atoms with van der Waals surface area (Å²) in [6, 6.07) is 13.9. The quantitative estimate of drug-likeness (QED) is 0.779. The summed E-state index contributed by atoms with van der Waals surface area (Å²) in [5, 5.41) is 0. The van der Waals surface area contributed by atoms with Gasteiger partial charge in [0.25, 0.3) is 0 Å². The standard InChI is InChI=1S/C15H16N4/c1-2-12(16)14-18-13-9-6-10-17-15(13)19(14)11-7-4-3-5-8-11/h3-10,12H,2,16H2,1H3/t12-/m0/s1. The number of hydrogen-bond acceptors (Lipinski definition) is 3. The van der Waals surface area contributed by atoms with Gasteiger partial charge in [0.1, 0.15) is 11.3 Å². The van der Waals surface area contributed by atoms with Crippen molar-refractivity contribution in [1.82, 2.24) is 14.5 Å². The molecule has 0 unspecified atom stereocenters. The third kappa shape index (κ3) is 2.00. The van der Waals surface area contributed by atoms with Crippen LogP contribution in [0.2, 0.25) is 0 Å². The van der Waals surface area contributed by atoms with Gasteiger partial charge in [-0.3, -0.25) is 4.57 Å². The molecule has 3 aromatic rings. The number of aromatic nitrogens is 3. The first kappa shape index (κ1) is 11.9. The van der Waals surface area contributed by atoms with Gasteiger partial charge >= 0.3 is 0 Å². The van der Waals surface area contributed by atoms with Crippen LogP contribution in [0.1, 0.15) is 25.2 Å². The summed E-state index contributed by atoms with van der Waals surface area (Å²) in [5.74, 6) is 0.863. The van der Waals surface area contributed by atoms with Crippen LogP contribution in [-0.4, -0.2) is 14.5 Å². The van der Waals surface area contributed by atoms with Crippen molar-refractivity contribution in [2.75, 3.05) is 0 Å². The van der Waals surface area contributed by atoms with Crippen LogP contribution in [0, 0.1) is 0 Å². The molecule has 0 bridgehead atoms. The van der Waals surface area contributed by atoms with E-state index >= 15 is 0 Å². The second-order valence-electron chi connectivity index (χ2n) is 4.50. The third-order valence-electron chi connectivity index (χ3n) is 3.23. The van der Waals surface area contributed by atoms with Crippen LogP contribution < -0.4 is 5.73 Å². The first-order valence-electron chi connectivity index (χ1n) is 6.45. The minimum absolute atomic E-state index is 0.0885. The number of pyridine rings is 1. The Balaban J connectivity index is 2.31. The molecule has 2 heterocycles. The largest absolute Gasteiger partial charge is 0.321 e. The van der Waals surface area contributed by atoms with Crippen LogP contribution >= 0.6 is 0 Å². The van der Waals surface area contributed by atoms with Crippen LogP contribution in [0.4, 0.5) is 0 Å². The minimum atomic E-state index is -0.0885. The molecule has 19 heavy (non-hydrogen) atoms. The molecule has 0 radical (unpaired) electrons. The lowest BCUT2D eigenvalue weighted by molar-refractivity contribution is 0.640. The summed E-state index contributed by atoms with van der Waals surface area (Å²) in [4.78, 5) is 9.08. The van der Waals surface area contributed by atoms with Gasteiger partial charge in [0.15, 0.2) is 5.65 Å². The minimum Gasteiger partial charge on any atom is -0.321 e. The van der Waals surface area contributed by atoms with Crippen molar-refractivity contribution in [1.29, 1.82) is 0 Å². The van der Waals surface area contributed by atoms with E-state index in [4.69, 9.17) is 5.73 Å². The fourth-order valence-corrected chi connectivity index (χ4v) is 2.19. The predicted molar refractivity (Wildman–Crippen MR) is 76.1 cm³/mol. The van der Waals surface area contributed by atoms with Crippen LogP contribution in [-0.2, 0) is 0 Å². The van der Waals surface area contributed by atoms with Crippen molar-refractivity contribution in [3.8, 4) is 5.69 Å². The molecule has 0 fully saturated rings. The molecule has 0 aliphatic rings. The Hall–Kier alpha value is -2.20. The maximum atomic E-state index is 6.19. The fraction of sp³-hybridized carbons (Fsp3) is 0.200. The van der Waals surface area contributed by atoms with Crippen molar-refractivity contribution in [3.63, 3.8) is 0 Å². The average Bonchev–Trinajstić information content (AvgIpc) is 2.86. The molecule has 2 aromatic heterocycles. The Kier molecular flexibility index (Phi) is 3.01. The van der Waals surface area contributed by atoms with Gasteiger partial charge in [-0.05, 0) is 30.7 Å². The van der Waals surface area contributed by atoms with Crippen molar-refractivity contribution in [2.24, 2.45) is 5.73 Å². The van der Waals surface area contributed by atoms with Crippen molar-refractivity contribution >= 4 is 11.2 Å². The van der Waals surface area contributed by atoms with Crippen molar-refractivity contribution < 1.29 is 0 Å². The second-order valence-corrected chi connectivity index (χ2v) is 4.50. The second kappa shape index (κ2) is 4.82. The van der Waals surface area contributed by atoms with E-state index in [0.29, 0.717) is 0 Å². The Bertz CT molecular complexity index is 688. The maximum Gasteiger partial charge on any atom is 0.164 e. The molecule has 0 amide bonds. The molecule has 4 heteroatoms. The molecule has 1 atom stereocenters. The number of fused-ring (bicyclic) bond motifs is 1. The Morgan fingerprint density at radius 2 is 1.95 bits per heavy atom. The zero-order valence-corrected chi connectivity index (χ0v) is 10.8. The highest BCUT2D eigenvalue weighted by molar-refractivity contribution is 5.73. The number of rotatable bonds is 3. The molecule has 0 saturated carbocycles. The summed E-state index contributed by atoms with van der Waals surface area (Å²) < 4.78 is 2.05. The van der Waals surface area contributed by atoms with Crippen LogP contribution in [0.5, 0.6) is 0 Å². The lowest BCUT2D eigenvalue weighted by Crippen LogP contribution is -2.15. The summed E-state index contributed by atoms with van der Waals surface area (Å²) in [6.07, 6.45) is 2.63. The van der Waals surface area contributed by atoms with E-state index in [1.807, 2.05) is 47.0 Å². The molecular weight excluding hydrogens is 236 g/mol. The zero-order chi connectivity index (χ0) is 13.2. The van der Waals surface area contributed by atoms with E-state index in [1.165, 1.54) is 0 Å². The highest BCUT2D eigenvalue weighted by Gasteiger charge is 2.17. The van der Waals surface area contributed by atoms with Gasteiger partial charge in [-0.1, -0.05) is 25.1 Å². The van der Waals surface area contributed by atoms with E-state index in [0.717, 1.165) is 29.1 Å². The van der Waals surface area contributed by atoms with E-state index in [9.17, 15) is 0 Å². The van der Waals surface area contributed by atoms with Crippen molar-refractivity contribution in [3.05, 3.63) is 54.5 Å².